The lowest BCUT2D eigenvalue weighted by Gasteiger charge is -2.10. The Morgan fingerprint density at radius 2 is 1.61 bits per heavy atom. The van der Waals surface area contributed by atoms with E-state index in [1.165, 1.54) is 0 Å². The van der Waals surface area contributed by atoms with Crippen LogP contribution in [0.5, 0.6) is 0 Å². The van der Waals surface area contributed by atoms with Gasteiger partial charge in [-0.05, 0) is 36.0 Å². The van der Waals surface area contributed by atoms with Crippen molar-refractivity contribution in [3.05, 3.63) is 58.9 Å². The van der Waals surface area contributed by atoms with Gasteiger partial charge in [0.25, 0.3) is 0 Å². The fraction of sp³-hybridized carbons (Fsp3) is 0.200. The zero-order chi connectivity index (χ0) is 12.7. The third-order valence-corrected chi connectivity index (χ3v) is 3.42. The third kappa shape index (κ3) is 1.70. The minimum absolute atomic E-state index is 0.116. The lowest BCUT2D eigenvalue weighted by atomic mass is 9.96. The Hall–Kier alpha value is -1.77. The van der Waals surface area contributed by atoms with E-state index in [4.69, 9.17) is 0 Å². The summed E-state index contributed by atoms with van der Waals surface area (Å²) >= 11 is 0. The number of halogens is 3. The highest BCUT2D eigenvalue weighted by atomic mass is 19.1. The molecule has 0 aromatic heterocycles. The maximum Gasteiger partial charge on any atom is 0.136 e. The van der Waals surface area contributed by atoms with Crippen molar-refractivity contribution in [3.63, 3.8) is 0 Å². The fourth-order valence-corrected chi connectivity index (χ4v) is 2.65. The topological polar surface area (TPSA) is 0 Å². The van der Waals surface area contributed by atoms with Crippen LogP contribution in [0.15, 0.2) is 30.3 Å². The van der Waals surface area contributed by atoms with Crippen LogP contribution in [0.2, 0.25) is 0 Å². The second-order valence-corrected chi connectivity index (χ2v) is 4.54. The first-order chi connectivity index (χ1) is 8.66. The van der Waals surface area contributed by atoms with E-state index in [0.717, 1.165) is 42.5 Å². The van der Waals surface area contributed by atoms with E-state index in [1.54, 1.807) is 12.1 Å². The van der Waals surface area contributed by atoms with Crippen molar-refractivity contribution in [1.82, 2.24) is 0 Å². The molecule has 0 radical (unpaired) electrons. The maximum atomic E-state index is 13.8. The van der Waals surface area contributed by atoms with Gasteiger partial charge >= 0.3 is 0 Å². The molecule has 0 fully saturated rings. The first-order valence-electron chi connectivity index (χ1n) is 5.92. The van der Waals surface area contributed by atoms with Crippen LogP contribution in [0.4, 0.5) is 13.2 Å². The van der Waals surface area contributed by atoms with Crippen molar-refractivity contribution in [2.75, 3.05) is 0 Å². The van der Waals surface area contributed by atoms with Crippen molar-refractivity contribution in [3.8, 4) is 11.1 Å². The Morgan fingerprint density at radius 1 is 0.889 bits per heavy atom. The van der Waals surface area contributed by atoms with Crippen molar-refractivity contribution < 1.29 is 13.2 Å². The van der Waals surface area contributed by atoms with Gasteiger partial charge in [-0.2, -0.15) is 0 Å². The lowest BCUT2D eigenvalue weighted by molar-refractivity contribution is 0.548. The van der Waals surface area contributed by atoms with Crippen molar-refractivity contribution in [1.29, 1.82) is 0 Å². The van der Waals surface area contributed by atoms with Crippen LogP contribution >= 0.6 is 0 Å². The molecule has 0 N–H and O–H groups in total. The Balaban J connectivity index is 2.25. The zero-order valence-electron chi connectivity index (χ0n) is 9.64. The van der Waals surface area contributed by atoms with E-state index in [-0.39, 0.29) is 5.56 Å². The first-order valence-corrected chi connectivity index (χ1v) is 5.92. The van der Waals surface area contributed by atoms with Crippen molar-refractivity contribution in [2.24, 2.45) is 0 Å². The highest BCUT2D eigenvalue weighted by molar-refractivity contribution is 5.70. The zero-order valence-corrected chi connectivity index (χ0v) is 9.64. The predicted molar refractivity (Wildman–Crippen MR) is 63.8 cm³/mol. The normalized spacial score (nSPS) is 13.7. The molecule has 92 valence electrons. The maximum absolute atomic E-state index is 13.8. The van der Waals surface area contributed by atoms with E-state index >= 15 is 0 Å². The summed E-state index contributed by atoms with van der Waals surface area (Å²) in [5, 5.41) is 0. The number of fused-ring (bicyclic) bond motifs is 1. The van der Waals surface area contributed by atoms with Crippen LogP contribution in [0.25, 0.3) is 11.1 Å². The second-order valence-electron chi connectivity index (χ2n) is 4.54. The summed E-state index contributed by atoms with van der Waals surface area (Å²) in [7, 11) is 0. The van der Waals surface area contributed by atoms with E-state index in [0.29, 0.717) is 5.56 Å². The Bertz CT molecular complexity index is 594. The summed E-state index contributed by atoms with van der Waals surface area (Å²) in [5.41, 5.74) is 2.56. The largest absolute Gasteiger partial charge is 0.207 e. The van der Waals surface area contributed by atoms with Crippen LogP contribution in [-0.4, -0.2) is 0 Å². The van der Waals surface area contributed by atoms with E-state index < -0.39 is 17.5 Å². The molecule has 0 spiro atoms. The molecule has 0 unspecified atom stereocenters. The Labute approximate surface area is 103 Å². The highest BCUT2D eigenvalue weighted by Gasteiger charge is 2.20. The Kier molecular flexibility index (Phi) is 2.62. The number of rotatable bonds is 1. The first kappa shape index (κ1) is 11.3. The molecule has 0 atom stereocenters. The molecule has 0 nitrogen and oxygen atoms in total. The summed E-state index contributed by atoms with van der Waals surface area (Å²) in [4.78, 5) is 0. The molecule has 2 aromatic rings. The van der Waals surface area contributed by atoms with Crippen LogP contribution in [0.3, 0.4) is 0 Å². The molecule has 1 aliphatic carbocycles. The van der Waals surface area contributed by atoms with Crippen molar-refractivity contribution >= 4 is 0 Å². The SMILES string of the molecule is Fc1cc(F)c(-c2cccc3c2CCC3)c(F)c1. The fourth-order valence-electron chi connectivity index (χ4n) is 2.65. The van der Waals surface area contributed by atoms with Gasteiger partial charge < -0.3 is 0 Å². The van der Waals surface area contributed by atoms with Gasteiger partial charge in [0.2, 0.25) is 0 Å². The van der Waals surface area contributed by atoms with E-state index in [9.17, 15) is 13.2 Å². The van der Waals surface area contributed by atoms with Gasteiger partial charge in [0, 0.05) is 12.1 Å². The molecule has 3 heteroatoms. The van der Waals surface area contributed by atoms with Crippen LogP contribution in [0.1, 0.15) is 17.5 Å². The standard InChI is InChI=1S/C15H11F3/c16-10-7-13(17)15(14(18)8-10)12-6-2-4-9-3-1-5-11(9)12/h2,4,6-8H,1,3,5H2. The molecule has 18 heavy (non-hydrogen) atoms. The number of benzene rings is 2. The minimum atomic E-state index is -0.888. The molecule has 0 saturated heterocycles. The monoisotopic (exact) mass is 248 g/mol. The van der Waals surface area contributed by atoms with Crippen LogP contribution in [-0.2, 0) is 12.8 Å². The minimum Gasteiger partial charge on any atom is -0.207 e. The van der Waals surface area contributed by atoms with Gasteiger partial charge in [-0.25, -0.2) is 13.2 Å². The van der Waals surface area contributed by atoms with Gasteiger partial charge in [-0.15, -0.1) is 0 Å². The average Bonchev–Trinajstić information content (AvgIpc) is 2.76. The highest BCUT2D eigenvalue weighted by Crippen LogP contribution is 2.35. The summed E-state index contributed by atoms with van der Waals surface area (Å²) in [6, 6.07) is 6.93. The van der Waals surface area contributed by atoms with Crippen LogP contribution < -0.4 is 0 Å². The quantitative estimate of drug-likeness (QED) is 0.707. The van der Waals surface area contributed by atoms with E-state index in [2.05, 4.69) is 0 Å². The van der Waals surface area contributed by atoms with Gasteiger partial charge in [0.15, 0.2) is 0 Å². The molecule has 0 saturated carbocycles. The number of hydrogen-bond donors (Lipinski definition) is 0. The summed E-state index contributed by atoms with van der Waals surface area (Å²) in [5.74, 6) is -2.57. The smallest absolute Gasteiger partial charge is 0.136 e. The van der Waals surface area contributed by atoms with Crippen molar-refractivity contribution in [2.45, 2.75) is 19.3 Å². The van der Waals surface area contributed by atoms with Gasteiger partial charge in [0.05, 0.1) is 5.56 Å². The average molecular weight is 248 g/mol. The molecular weight excluding hydrogens is 237 g/mol. The van der Waals surface area contributed by atoms with Gasteiger partial charge in [-0.1, -0.05) is 18.2 Å². The number of hydrogen-bond acceptors (Lipinski definition) is 0. The molecule has 2 aromatic carbocycles. The second kappa shape index (κ2) is 4.16. The summed E-state index contributed by atoms with van der Waals surface area (Å²) in [6.45, 7) is 0. The molecule has 0 amide bonds. The predicted octanol–water partition coefficient (Wildman–Crippen LogP) is 4.26. The lowest BCUT2D eigenvalue weighted by Crippen LogP contribution is -1.96. The Morgan fingerprint density at radius 3 is 2.33 bits per heavy atom. The van der Waals surface area contributed by atoms with E-state index in [1.807, 2.05) is 6.07 Å². The number of aryl methyl sites for hydroxylation is 1. The molecule has 3 rings (SSSR count). The molecule has 0 heterocycles. The molecule has 0 aliphatic heterocycles. The van der Waals surface area contributed by atoms with Crippen LogP contribution in [0, 0.1) is 17.5 Å². The molecular formula is C15H11F3. The van der Waals surface area contributed by atoms with Gasteiger partial charge in [-0.3, -0.25) is 0 Å². The molecule has 0 bridgehead atoms. The third-order valence-electron chi connectivity index (χ3n) is 3.42. The summed E-state index contributed by atoms with van der Waals surface area (Å²) < 4.78 is 40.5. The molecule has 1 aliphatic rings. The van der Waals surface area contributed by atoms with Gasteiger partial charge in [0.1, 0.15) is 17.5 Å². The summed E-state index contributed by atoms with van der Waals surface area (Å²) in [6.07, 6.45) is 2.76.